The van der Waals surface area contributed by atoms with Gasteiger partial charge in [0.05, 0.1) is 6.04 Å². The number of phenolic OH excluding ortho intramolecular Hbond substituents is 1. The van der Waals surface area contributed by atoms with Crippen LogP contribution in [0.3, 0.4) is 0 Å². The monoisotopic (exact) mass is 367 g/mol. The molecule has 0 aliphatic heterocycles. The number of hydrogen-bond donors (Lipinski definition) is 2. The Morgan fingerprint density at radius 2 is 1.89 bits per heavy atom. The van der Waals surface area contributed by atoms with Crippen LogP contribution < -0.4 is 5.32 Å². The summed E-state index contributed by atoms with van der Waals surface area (Å²) in [5.74, 6) is 0.233. The first kappa shape index (κ1) is 19.2. The van der Waals surface area contributed by atoms with E-state index in [2.05, 4.69) is 22.3 Å². The summed E-state index contributed by atoms with van der Waals surface area (Å²) in [6, 6.07) is 17.5. The van der Waals surface area contributed by atoms with Gasteiger partial charge in [-0.05, 0) is 63.2 Å². The summed E-state index contributed by atoms with van der Waals surface area (Å²) in [6.07, 6.45) is 2.94. The van der Waals surface area contributed by atoms with Crippen molar-refractivity contribution in [2.24, 2.45) is 0 Å². The molecule has 0 spiro atoms. The average molecular weight is 367 g/mol. The number of nitrogens with one attached hydrogen (secondary N) is 1. The third-order valence-electron chi connectivity index (χ3n) is 4.88. The highest BCUT2D eigenvalue weighted by Gasteiger charge is 2.33. The molecular formula is C22H29N3O2. The second kappa shape index (κ2) is 8.91. The van der Waals surface area contributed by atoms with Gasteiger partial charge in [-0.15, -0.1) is 0 Å². The molecule has 0 radical (unpaired) electrons. The van der Waals surface area contributed by atoms with Crippen LogP contribution in [0, 0.1) is 0 Å². The quantitative estimate of drug-likeness (QED) is 0.747. The lowest BCUT2D eigenvalue weighted by molar-refractivity contribution is 0.186. The number of amides is 2. The molecule has 5 nitrogen and oxygen atoms in total. The van der Waals surface area contributed by atoms with E-state index in [9.17, 15) is 9.90 Å². The summed E-state index contributed by atoms with van der Waals surface area (Å²) >= 11 is 0. The lowest BCUT2D eigenvalue weighted by atomic mass is 10.0. The number of carbonyl (C=O) groups is 1. The summed E-state index contributed by atoms with van der Waals surface area (Å²) < 4.78 is 0. The van der Waals surface area contributed by atoms with Gasteiger partial charge in [0, 0.05) is 12.6 Å². The number of carbonyl (C=O) groups excluding carboxylic acids is 1. The standard InChI is InChI=1S/C22H29N3O2/c1-24(2)14-13-21(18-8-4-3-5-9-18)23-22(27)25(19-11-12-19)16-17-7-6-10-20(26)15-17/h3-10,15,19,21,26H,11-14,16H2,1-2H3,(H,23,27). The van der Waals surface area contributed by atoms with E-state index in [-0.39, 0.29) is 23.9 Å². The Morgan fingerprint density at radius 1 is 1.15 bits per heavy atom. The van der Waals surface area contributed by atoms with E-state index in [1.54, 1.807) is 12.1 Å². The molecule has 2 aromatic rings. The number of nitrogens with zero attached hydrogens (tertiary/aromatic N) is 2. The van der Waals surface area contributed by atoms with Crippen LogP contribution in [0.4, 0.5) is 4.79 Å². The van der Waals surface area contributed by atoms with Crippen LogP contribution in [0.1, 0.15) is 36.4 Å². The lowest BCUT2D eigenvalue weighted by Gasteiger charge is -2.28. The fourth-order valence-electron chi connectivity index (χ4n) is 3.23. The van der Waals surface area contributed by atoms with Gasteiger partial charge in [0.2, 0.25) is 0 Å². The highest BCUT2D eigenvalue weighted by molar-refractivity contribution is 5.75. The van der Waals surface area contributed by atoms with Crippen molar-refractivity contribution in [3.8, 4) is 5.75 Å². The van der Waals surface area contributed by atoms with Gasteiger partial charge in [-0.25, -0.2) is 4.79 Å². The molecule has 2 amide bonds. The minimum Gasteiger partial charge on any atom is -0.508 e. The van der Waals surface area contributed by atoms with Gasteiger partial charge in [0.1, 0.15) is 5.75 Å². The first-order valence-electron chi connectivity index (χ1n) is 9.57. The predicted molar refractivity (Wildman–Crippen MR) is 108 cm³/mol. The molecule has 0 bridgehead atoms. The van der Waals surface area contributed by atoms with Gasteiger partial charge < -0.3 is 20.2 Å². The molecule has 2 aromatic carbocycles. The third kappa shape index (κ3) is 5.73. The van der Waals surface area contributed by atoms with Crippen LogP contribution in [0.15, 0.2) is 54.6 Å². The Morgan fingerprint density at radius 3 is 2.52 bits per heavy atom. The maximum absolute atomic E-state index is 13.1. The molecule has 27 heavy (non-hydrogen) atoms. The first-order chi connectivity index (χ1) is 13.0. The molecule has 1 atom stereocenters. The third-order valence-corrected chi connectivity index (χ3v) is 4.88. The first-order valence-corrected chi connectivity index (χ1v) is 9.57. The van der Waals surface area contributed by atoms with Gasteiger partial charge in [-0.2, -0.15) is 0 Å². The predicted octanol–water partition coefficient (Wildman–Crippen LogP) is 3.76. The van der Waals surface area contributed by atoms with Crippen molar-refractivity contribution in [2.45, 2.75) is 37.9 Å². The zero-order valence-corrected chi connectivity index (χ0v) is 16.1. The SMILES string of the molecule is CN(C)CCC(NC(=O)N(Cc1cccc(O)c1)C1CC1)c1ccccc1. The molecule has 2 N–H and O–H groups in total. The van der Waals surface area contributed by atoms with Crippen LogP contribution in [0.5, 0.6) is 5.75 Å². The number of urea groups is 1. The molecule has 1 saturated carbocycles. The number of benzene rings is 2. The van der Waals surface area contributed by atoms with Crippen molar-refractivity contribution in [1.29, 1.82) is 0 Å². The van der Waals surface area contributed by atoms with Crippen molar-refractivity contribution in [3.63, 3.8) is 0 Å². The molecule has 1 aliphatic rings. The van der Waals surface area contributed by atoms with Gasteiger partial charge in [0.15, 0.2) is 0 Å². The minimum absolute atomic E-state index is 0.0217. The fourth-order valence-corrected chi connectivity index (χ4v) is 3.23. The Labute approximate surface area is 161 Å². The van der Waals surface area contributed by atoms with Crippen molar-refractivity contribution < 1.29 is 9.90 Å². The molecule has 3 rings (SSSR count). The van der Waals surface area contributed by atoms with Crippen LogP contribution >= 0.6 is 0 Å². The summed E-state index contributed by atoms with van der Waals surface area (Å²) in [6.45, 7) is 1.41. The molecule has 144 valence electrons. The molecule has 1 aliphatic carbocycles. The second-order valence-electron chi connectivity index (χ2n) is 7.53. The summed E-state index contributed by atoms with van der Waals surface area (Å²) in [4.78, 5) is 17.1. The van der Waals surface area contributed by atoms with Crippen molar-refractivity contribution in [3.05, 3.63) is 65.7 Å². The topological polar surface area (TPSA) is 55.8 Å². The number of hydrogen-bond acceptors (Lipinski definition) is 3. The zero-order chi connectivity index (χ0) is 19.2. The van der Waals surface area contributed by atoms with Gasteiger partial charge >= 0.3 is 6.03 Å². The smallest absolute Gasteiger partial charge is 0.318 e. The second-order valence-corrected chi connectivity index (χ2v) is 7.53. The molecule has 5 heteroatoms. The maximum Gasteiger partial charge on any atom is 0.318 e. The van der Waals surface area contributed by atoms with Crippen LogP contribution in [-0.4, -0.2) is 47.6 Å². The molecule has 1 unspecified atom stereocenters. The normalized spacial score (nSPS) is 14.8. The number of rotatable bonds is 8. The van der Waals surface area contributed by atoms with Crippen LogP contribution in [0.25, 0.3) is 0 Å². The van der Waals surface area contributed by atoms with Gasteiger partial charge in [-0.1, -0.05) is 42.5 Å². The molecule has 0 saturated heterocycles. The van der Waals surface area contributed by atoms with Crippen molar-refractivity contribution >= 4 is 6.03 Å². The number of aromatic hydroxyl groups is 1. The molecule has 1 fully saturated rings. The number of phenols is 1. The molecule has 0 aromatic heterocycles. The fraction of sp³-hybridized carbons (Fsp3) is 0.409. The van der Waals surface area contributed by atoms with E-state index in [0.717, 1.165) is 36.9 Å². The maximum atomic E-state index is 13.1. The van der Waals surface area contributed by atoms with Crippen LogP contribution in [0.2, 0.25) is 0 Å². The largest absolute Gasteiger partial charge is 0.508 e. The lowest BCUT2D eigenvalue weighted by Crippen LogP contribution is -2.43. The highest BCUT2D eigenvalue weighted by Crippen LogP contribution is 2.29. The molecule has 0 heterocycles. The van der Waals surface area contributed by atoms with Gasteiger partial charge in [-0.3, -0.25) is 0 Å². The summed E-state index contributed by atoms with van der Waals surface area (Å²) in [5, 5.41) is 13.0. The highest BCUT2D eigenvalue weighted by atomic mass is 16.3. The summed E-state index contributed by atoms with van der Waals surface area (Å²) in [7, 11) is 4.09. The van der Waals surface area contributed by atoms with E-state index in [4.69, 9.17) is 0 Å². The Hall–Kier alpha value is -2.53. The van der Waals surface area contributed by atoms with E-state index in [1.807, 2.05) is 49.3 Å². The summed E-state index contributed by atoms with van der Waals surface area (Å²) in [5.41, 5.74) is 2.07. The van der Waals surface area contributed by atoms with Crippen molar-refractivity contribution in [1.82, 2.24) is 15.1 Å². The average Bonchev–Trinajstić information content (AvgIpc) is 3.48. The van der Waals surface area contributed by atoms with Gasteiger partial charge in [0.25, 0.3) is 0 Å². The van der Waals surface area contributed by atoms with E-state index in [1.165, 1.54) is 0 Å². The molecular weight excluding hydrogens is 338 g/mol. The van der Waals surface area contributed by atoms with Crippen molar-refractivity contribution in [2.75, 3.05) is 20.6 Å². The van der Waals surface area contributed by atoms with E-state index in [0.29, 0.717) is 6.54 Å². The Bertz CT molecular complexity index is 744. The minimum atomic E-state index is -0.0338. The Kier molecular flexibility index (Phi) is 6.35. The Balaban J connectivity index is 1.71. The van der Waals surface area contributed by atoms with E-state index < -0.39 is 0 Å². The zero-order valence-electron chi connectivity index (χ0n) is 16.1. The van der Waals surface area contributed by atoms with E-state index >= 15 is 0 Å². The van der Waals surface area contributed by atoms with Crippen LogP contribution in [-0.2, 0) is 6.54 Å².